The average Bonchev–Trinajstić information content (AvgIpc) is 2.61. The maximum absolute atomic E-state index is 12.4. The van der Waals surface area contributed by atoms with Crippen LogP contribution >= 0.6 is 0 Å². The Morgan fingerprint density at radius 2 is 2.04 bits per heavy atom. The monoisotopic (exact) mass is 354 g/mol. The van der Waals surface area contributed by atoms with E-state index in [4.69, 9.17) is 4.42 Å². The molecule has 1 aromatic heterocycles. The van der Waals surface area contributed by atoms with Gasteiger partial charge in [0.15, 0.2) is 5.78 Å². The smallest absolute Gasteiger partial charge is 0.345 e. The number of rotatable bonds is 4. The molecule has 0 unspecified atom stereocenters. The van der Waals surface area contributed by atoms with Crippen molar-refractivity contribution in [2.45, 2.75) is 46.0 Å². The van der Waals surface area contributed by atoms with Crippen LogP contribution in [0.1, 0.15) is 51.7 Å². The molecule has 3 rings (SSSR count). The molecule has 5 heteroatoms. The highest BCUT2D eigenvalue weighted by molar-refractivity contribution is 6.01. The van der Waals surface area contributed by atoms with E-state index in [0.717, 1.165) is 24.0 Å². The van der Waals surface area contributed by atoms with Crippen LogP contribution in [0, 0.1) is 0 Å². The number of anilines is 1. The molecule has 138 valence electrons. The van der Waals surface area contributed by atoms with Gasteiger partial charge in [0.1, 0.15) is 5.58 Å². The van der Waals surface area contributed by atoms with Crippen molar-refractivity contribution in [3.8, 4) is 0 Å². The van der Waals surface area contributed by atoms with Gasteiger partial charge in [-0.3, -0.25) is 9.79 Å². The zero-order valence-corrected chi connectivity index (χ0v) is 16.2. The van der Waals surface area contributed by atoms with E-state index in [0.29, 0.717) is 23.3 Å². The second-order valence-electron chi connectivity index (χ2n) is 7.70. The summed E-state index contributed by atoms with van der Waals surface area (Å²) in [6.45, 7) is 9.12. The van der Waals surface area contributed by atoms with Crippen LogP contribution in [0.3, 0.4) is 0 Å². The van der Waals surface area contributed by atoms with E-state index < -0.39 is 5.63 Å². The van der Waals surface area contributed by atoms with Crippen LogP contribution < -0.4 is 10.5 Å². The Kier molecular flexibility index (Phi) is 4.74. The summed E-state index contributed by atoms with van der Waals surface area (Å²) in [5.41, 5.74) is 3.57. The maximum atomic E-state index is 12.4. The summed E-state index contributed by atoms with van der Waals surface area (Å²) < 4.78 is 5.58. The molecular formula is C21H26N2O3. The first-order valence-corrected chi connectivity index (χ1v) is 9.09. The molecule has 0 fully saturated rings. The van der Waals surface area contributed by atoms with Gasteiger partial charge in [0.25, 0.3) is 0 Å². The summed E-state index contributed by atoms with van der Waals surface area (Å²) in [6.07, 6.45) is 1.52. The Balaban J connectivity index is 2.12. The Bertz CT molecular complexity index is 954. The van der Waals surface area contributed by atoms with E-state index in [1.165, 1.54) is 5.56 Å². The highest BCUT2D eigenvalue weighted by Gasteiger charge is 2.30. The van der Waals surface area contributed by atoms with Crippen LogP contribution in [0.2, 0.25) is 0 Å². The molecular weight excluding hydrogens is 328 g/mol. The number of ketones is 1. The largest absolute Gasteiger partial charge is 0.422 e. The van der Waals surface area contributed by atoms with Crippen LogP contribution in [0.15, 0.2) is 32.4 Å². The molecule has 2 heterocycles. The van der Waals surface area contributed by atoms with Gasteiger partial charge in [0, 0.05) is 42.9 Å². The van der Waals surface area contributed by atoms with E-state index in [1.807, 2.05) is 12.1 Å². The molecule has 1 aliphatic rings. The number of aliphatic imine (C=N–C) groups is 1. The number of hydrogen-bond donors (Lipinski definition) is 0. The molecule has 26 heavy (non-hydrogen) atoms. The minimum absolute atomic E-state index is 0.0494. The van der Waals surface area contributed by atoms with Crippen LogP contribution in [-0.2, 0) is 10.2 Å². The number of fused-ring (bicyclic) bond motifs is 2. The number of Topliss-reactive ketones (excluding diaryl/α,β-unsaturated/α-hetero) is 1. The van der Waals surface area contributed by atoms with Crippen molar-refractivity contribution in [2.24, 2.45) is 4.99 Å². The lowest BCUT2D eigenvalue weighted by atomic mass is 9.77. The van der Waals surface area contributed by atoms with E-state index in [2.05, 4.69) is 36.9 Å². The second kappa shape index (κ2) is 6.71. The Hall–Kier alpha value is -2.43. The molecule has 1 aromatic carbocycles. The van der Waals surface area contributed by atoms with Crippen molar-refractivity contribution in [3.05, 3.63) is 39.7 Å². The highest BCUT2D eigenvalue weighted by Crippen LogP contribution is 2.41. The van der Waals surface area contributed by atoms with E-state index in [9.17, 15) is 9.59 Å². The van der Waals surface area contributed by atoms with Crippen molar-refractivity contribution >= 4 is 28.2 Å². The first-order chi connectivity index (χ1) is 12.2. The maximum Gasteiger partial charge on any atom is 0.345 e. The van der Waals surface area contributed by atoms with Crippen molar-refractivity contribution < 1.29 is 9.21 Å². The zero-order valence-electron chi connectivity index (χ0n) is 16.2. The van der Waals surface area contributed by atoms with Gasteiger partial charge in [0.2, 0.25) is 0 Å². The summed E-state index contributed by atoms with van der Waals surface area (Å²) in [5, 5.41) is 0.887. The third kappa shape index (κ3) is 3.30. The molecule has 0 atom stereocenters. The van der Waals surface area contributed by atoms with Crippen molar-refractivity contribution in [3.63, 3.8) is 0 Å². The molecule has 1 aliphatic heterocycles. The third-order valence-corrected chi connectivity index (χ3v) is 5.34. The van der Waals surface area contributed by atoms with Crippen molar-refractivity contribution in [1.29, 1.82) is 0 Å². The normalized spacial score (nSPS) is 16.7. The zero-order chi connectivity index (χ0) is 19.1. The molecule has 0 saturated carbocycles. The second-order valence-corrected chi connectivity index (χ2v) is 7.70. The summed E-state index contributed by atoms with van der Waals surface area (Å²) in [5.74, 6) is 0.0494. The van der Waals surface area contributed by atoms with Gasteiger partial charge < -0.3 is 9.32 Å². The molecule has 2 aromatic rings. The first-order valence-electron chi connectivity index (χ1n) is 9.09. The summed E-state index contributed by atoms with van der Waals surface area (Å²) in [6, 6.07) is 5.92. The lowest BCUT2D eigenvalue weighted by molar-refractivity contribution is -0.117. The lowest BCUT2D eigenvalue weighted by Crippen LogP contribution is -2.34. The minimum atomic E-state index is -0.416. The van der Waals surface area contributed by atoms with Crippen LogP contribution in [0.4, 0.5) is 5.69 Å². The molecule has 0 bridgehead atoms. The first kappa shape index (κ1) is 18.4. The summed E-state index contributed by atoms with van der Waals surface area (Å²) in [4.78, 5) is 30.4. The van der Waals surface area contributed by atoms with Gasteiger partial charge in [-0.1, -0.05) is 20.8 Å². The van der Waals surface area contributed by atoms with Gasteiger partial charge in [0.05, 0.1) is 12.1 Å². The Labute approximate surface area is 153 Å². The average molecular weight is 354 g/mol. The van der Waals surface area contributed by atoms with Crippen LogP contribution in [-0.4, -0.2) is 31.6 Å². The fraction of sp³-hybridized carbons (Fsp3) is 0.476. The molecule has 0 radical (unpaired) electrons. The molecule has 0 spiro atoms. The van der Waals surface area contributed by atoms with Gasteiger partial charge in [-0.15, -0.1) is 0 Å². The number of carbonyl (C=O) groups is 1. The Morgan fingerprint density at radius 3 is 2.73 bits per heavy atom. The third-order valence-electron chi connectivity index (χ3n) is 5.34. The fourth-order valence-electron chi connectivity index (χ4n) is 3.37. The molecule has 0 amide bonds. The molecule has 0 aliphatic carbocycles. The van der Waals surface area contributed by atoms with Gasteiger partial charge in [-0.05, 0) is 36.5 Å². The highest BCUT2D eigenvalue weighted by atomic mass is 16.4. The SMILES string of the molecule is CCC(=O)CN=C(C)c1cc2cc3c(cc2oc1=O)N(C)CCC3(C)C. The van der Waals surface area contributed by atoms with Crippen molar-refractivity contribution in [1.82, 2.24) is 0 Å². The molecule has 0 N–H and O–H groups in total. The minimum Gasteiger partial charge on any atom is -0.422 e. The topological polar surface area (TPSA) is 62.9 Å². The Morgan fingerprint density at radius 1 is 1.31 bits per heavy atom. The van der Waals surface area contributed by atoms with Gasteiger partial charge in [-0.2, -0.15) is 0 Å². The van der Waals surface area contributed by atoms with Gasteiger partial charge in [-0.25, -0.2) is 4.79 Å². The number of hydrogen-bond acceptors (Lipinski definition) is 5. The number of carbonyl (C=O) groups excluding carboxylic acids is 1. The quantitative estimate of drug-likeness (QED) is 0.620. The number of benzene rings is 1. The van der Waals surface area contributed by atoms with E-state index >= 15 is 0 Å². The molecule has 0 saturated heterocycles. The van der Waals surface area contributed by atoms with Crippen molar-refractivity contribution in [2.75, 3.05) is 25.0 Å². The van der Waals surface area contributed by atoms with Gasteiger partial charge >= 0.3 is 5.63 Å². The summed E-state index contributed by atoms with van der Waals surface area (Å²) >= 11 is 0. The molecule has 5 nitrogen and oxygen atoms in total. The van der Waals surface area contributed by atoms with Crippen LogP contribution in [0.25, 0.3) is 11.0 Å². The standard InChI is InChI=1S/C21H26N2O3/c1-6-15(24)12-22-13(2)16-9-14-10-17-18(11-19(14)26-20(16)25)23(5)8-7-21(17,3)4/h9-11H,6-8,12H2,1-5H3. The predicted octanol–water partition coefficient (Wildman–Crippen LogP) is 3.70. The lowest BCUT2D eigenvalue weighted by Gasteiger charge is -2.38. The fourth-order valence-corrected chi connectivity index (χ4v) is 3.37. The number of nitrogens with zero attached hydrogens (tertiary/aromatic N) is 2. The van der Waals surface area contributed by atoms with Crippen LogP contribution in [0.5, 0.6) is 0 Å². The van der Waals surface area contributed by atoms with E-state index in [-0.39, 0.29) is 17.7 Å². The van der Waals surface area contributed by atoms with E-state index in [1.54, 1.807) is 13.8 Å². The predicted molar refractivity (Wildman–Crippen MR) is 106 cm³/mol. The summed E-state index contributed by atoms with van der Waals surface area (Å²) in [7, 11) is 2.06.